The fourth-order valence-corrected chi connectivity index (χ4v) is 1.65. The Balaban J connectivity index is 2.61. The quantitative estimate of drug-likeness (QED) is 0.632. The number of nitrogens with two attached hydrogens (primary N) is 1. The van der Waals surface area contributed by atoms with Crippen molar-refractivity contribution in [3.05, 3.63) is 0 Å². The number of carboxylic acid groups (broad SMARTS) is 1. The Morgan fingerprint density at radius 2 is 2.42 bits per heavy atom. The van der Waals surface area contributed by atoms with Crippen LogP contribution < -0.4 is 5.73 Å². The van der Waals surface area contributed by atoms with Crippen LogP contribution in [0, 0.1) is 0 Å². The van der Waals surface area contributed by atoms with Crippen LogP contribution >= 0.6 is 0 Å². The van der Waals surface area contributed by atoms with Gasteiger partial charge in [-0.25, -0.2) is 0 Å². The average molecular weight is 173 g/mol. The Bertz CT molecular complexity index is 183. The van der Waals surface area contributed by atoms with Crippen LogP contribution in [0.3, 0.4) is 0 Å². The van der Waals surface area contributed by atoms with E-state index in [0.717, 1.165) is 12.8 Å². The summed E-state index contributed by atoms with van der Waals surface area (Å²) in [5.41, 5.74) is 4.63. The van der Waals surface area contributed by atoms with Gasteiger partial charge in [-0.15, -0.1) is 0 Å². The summed E-state index contributed by atoms with van der Waals surface area (Å²) in [4.78, 5) is 10.8. The van der Waals surface area contributed by atoms with E-state index in [1.165, 1.54) is 0 Å². The van der Waals surface area contributed by atoms with Crippen molar-refractivity contribution in [2.45, 2.75) is 37.3 Å². The van der Waals surface area contributed by atoms with Gasteiger partial charge in [0.15, 0.2) is 0 Å². The number of hydrogen-bond acceptors (Lipinski definition) is 3. The minimum absolute atomic E-state index is 0.0137. The van der Waals surface area contributed by atoms with E-state index in [2.05, 4.69) is 0 Å². The molecule has 0 aliphatic heterocycles. The van der Waals surface area contributed by atoms with Crippen molar-refractivity contribution in [1.82, 2.24) is 0 Å². The van der Waals surface area contributed by atoms with Gasteiger partial charge in [-0.3, -0.25) is 4.79 Å². The highest BCUT2D eigenvalue weighted by atomic mass is 16.5. The van der Waals surface area contributed by atoms with Crippen LogP contribution in [-0.2, 0) is 9.53 Å². The Morgan fingerprint density at radius 1 is 1.75 bits per heavy atom. The number of carboxylic acids is 1. The largest absolute Gasteiger partial charge is 0.480 e. The van der Waals surface area contributed by atoms with Gasteiger partial charge in [-0.1, -0.05) is 0 Å². The highest BCUT2D eigenvalue weighted by molar-refractivity contribution is 5.78. The second-order valence-corrected chi connectivity index (χ2v) is 3.42. The molecule has 4 nitrogen and oxygen atoms in total. The first-order valence-corrected chi connectivity index (χ1v) is 4.13. The van der Waals surface area contributed by atoms with Crippen LogP contribution in [0.25, 0.3) is 0 Å². The summed E-state index contributed by atoms with van der Waals surface area (Å²) >= 11 is 0. The summed E-state index contributed by atoms with van der Waals surface area (Å²) in [7, 11) is 1.60. The molecular weight excluding hydrogens is 158 g/mol. The van der Waals surface area contributed by atoms with Crippen LogP contribution in [-0.4, -0.2) is 29.8 Å². The molecule has 0 radical (unpaired) electrons. The van der Waals surface area contributed by atoms with Gasteiger partial charge in [-0.05, 0) is 19.3 Å². The molecule has 1 rings (SSSR count). The van der Waals surface area contributed by atoms with Crippen molar-refractivity contribution in [3.8, 4) is 0 Å². The fourth-order valence-electron chi connectivity index (χ4n) is 1.65. The topological polar surface area (TPSA) is 72.5 Å². The predicted molar refractivity (Wildman–Crippen MR) is 43.8 cm³/mol. The Hall–Kier alpha value is -0.610. The molecule has 0 heterocycles. The summed E-state index contributed by atoms with van der Waals surface area (Å²) in [6, 6.07) is 0. The average Bonchev–Trinajstić information content (AvgIpc) is 2.04. The summed E-state index contributed by atoms with van der Waals surface area (Å²) in [5.74, 6) is -0.913. The highest BCUT2D eigenvalue weighted by Crippen LogP contribution is 2.27. The number of hydrogen-bond donors (Lipinski definition) is 2. The summed E-state index contributed by atoms with van der Waals surface area (Å²) in [6.45, 7) is 0. The molecule has 3 N–H and O–H groups in total. The SMILES string of the molecule is CO[C@H]1CCC[C@@](N)(C(=O)O)C1. The van der Waals surface area contributed by atoms with Crippen LogP contribution in [0.2, 0.25) is 0 Å². The van der Waals surface area contributed by atoms with Gasteiger partial charge < -0.3 is 15.6 Å². The number of methoxy groups -OCH3 is 1. The van der Waals surface area contributed by atoms with Crippen molar-refractivity contribution >= 4 is 5.97 Å². The monoisotopic (exact) mass is 173 g/mol. The highest BCUT2D eigenvalue weighted by Gasteiger charge is 2.39. The summed E-state index contributed by atoms with van der Waals surface area (Å²) in [6.07, 6.45) is 2.75. The molecule has 1 aliphatic rings. The van der Waals surface area contributed by atoms with Gasteiger partial charge in [0.1, 0.15) is 5.54 Å². The first-order chi connectivity index (χ1) is 5.58. The van der Waals surface area contributed by atoms with Gasteiger partial charge in [0, 0.05) is 13.5 Å². The smallest absolute Gasteiger partial charge is 0.323 e. The van der Waals surface area contributed by atoms with E-state index in [9.17, 15) is 4.79 Å². The standard InChI is InChI=1S/C8H15NO3/c1-12-6-3-2-4-8(9,5-6)7(10)11/h6H,2-5,9H2,1H3,(H,10,11)/t6-,8-/m0/s1. The van der Waals surface area contributed by atoms with E-state index in [0.29, 0.717) is 12.8 Å². The van der Waals surface area contributed by atoms with Gasteiger partial charge in [0.25, 0.3) is 0 Å². The zero-order valence-corrected chi connectivity index (χ0v) is 7.25. The molecule has 2 atom stereocenters. The third-order valence-electron chi connectivity index (χ3n) is 2.50. The molecule has 0 spiro atoms. The van der Waals surface area contributed by atoms with Gasteiger partial charge in [0.2, 0.25) is 0 Å². The molecule has 70 valence electrons. The number of ether oxygens (including phenoxy) is 1. The van der Waals surface area contributed by atoms with E-state index < -0.39 is 11.5 Å². The van der Waals surface area contributed by atoms with E-state index in [1.54, 1.807) is 7.11 Å². The lowest BCUT2D eigenvalue weighted by atomic mass is 9.81. The lowest BCUT2D eigenvalue weighted by Crippen LogP contribution is -2.52. The zero-order chi connectivity index (χ0) is 9.19. The van der Waals surface area contributed by atoms with Crippen molar-refractivity contribution < 1.29 is 14.6 Å². The Labute approximate surface area is 71.7 Å². The molecule has 1 fully saturated rings. The molecule has 0 aromatic heterocycles. The van der Waals surface area contributed by atoms with Crippen molar-refractivity contribution in [2.75, 3.05) is 7.11 Å². The molecule has 0 unspecified atom stereocenters. The van der Waals surface area contributed by atoms with Gasteiger partial charge in [-0.2, -0.15) is 0 Å². The van der Waals surface area contributed by atoms with Crippen molar-refractivity contribution in [1.29, 1.82) is 0 Å². The maximum absolute atomic E-state index is 10.8. The van der Waals surface area contributed by atoms with Crippen LogP contribution in [0.5, 0.6) is 0 Å². The lowest BCUT2D eigenvalue weighted by molar-refractivity contribution is -0.146. The van der Waals surface area contributed by atoms with Crippen molar-refractivity contribution in [2.24, 2.45) is 5.73 Å². The number of aliphatic carboxylic acids is 1. The van der Waals surface area contributed by atoms with E-state index >= 15 is 0 Å². The number of rotatable bonds is 2. The third kappa shape index (κ3) is 1.76. The Morgan fingerprint density at radius 3 is 2.92 bits per heavy atom. The molecule has 0 aromatic rings. The van der Waals surface area contributed by atoms with Gasteiger partial charge in [0.05, 0.1) is 6.10 Å². The molecule has 0 bridgehead atoms. The van der Waals surface area contributed by atoms with Crippen molar-refractivity contribution in [3.63, 3.8) is 0 Å². The minimum atomic E-state index is -1.06. The summed E-state index contributed by atoms with van der Waals surface area (Å²) in [5, 5.41) is 8.83. The molecule has 1 aliphatic carbocycles. The first-order valence-electron chi connectivity index (χ1n) is 4.13. The fraction of sp³-hybridized carbons (Fsp3) is 0.875. The van der Waals surface area contributed by atoms with Crippen LogP contribution in [0.4, 0.5) is 0 Å². The molecule has 0 aromatic carbocycles. The summed E-state index contributed by atoms with van der Waals surface area (Å²) < 4.78 is 5.09. The maximum Gasteiger partial charge on any atom is 0.323 e. The Kier molecular flexibility index (Phi) is 2.69. The van der Waals surface area contributed by atoms with E-state index in [4.69, 9.17) is 15.6 Å². The maximum atomic E-state index is 10.8. The molecule has 4 heteroatoms. The zero-order valence-electron chi connectivity index (χ0n) is 7.25. The van der Waals surface area contributed by atoms with E-state index in [1.807, 2.05) is 0 Å². The normalized spacial score (nSPS) is 36.3. The second kappa shape index (κ2) is 3.41. The molecule has 1 saturated carbocycles. The van der Waals surface area contributed by atoms with E-state index in [-0.39, 0.29) is 6.10 Å². The van der Waals surface area contributed by atoms with Gasteiger partial charge >= 0.3 is 5.97 Å². The van der Waals surface area contributed by atoms with Crippen LogP contribution in [0.1, 0.15) is 25.7 Å². The van der Waals surface area contributed by atoms with Crippen LogP contribution in [0.15, 0.2) is 0 Å². The molecule has 0 amide bonds. The molecular formula is C8H15NO3. The second-order valence-electron chi connectivity index (χ2n) is 3.42. The minimum Gasteiger partial charge on any atom is -0.480 e. The number of carbonyl (C=O) groups is 1. The molecule has 0 saturated heterocycles. The first kappa shape index (κ1) is 9.48. The molecule has 12 heavy (non-hydrogen) atoms. The predicted octanol–water partition coefficient (Wildman–Crippen LogP) is 0.357. The lowest BCUT2D eigenvalue weighted by Gasteiger charge is -2.33. The third-order valence-corrected chi connectivity index (χ3v) is 2.50.